The Hall–Kier alpha value is -2.99. The lowest BCUT2D eigenvalue weighted by molar-refractivity contribution is -0.143. The molecule has 6 nitrogen and oxygen atoms in total. The van der Waals surface area contributed by atoms with Gasteiger partial charge in [0.05, 0.1) is 11.8 Å². The lowest BCUT2D eigenvalue weighted by atomic mass is 9.59. The van der Waals surface area contributed by atoms with Crippen LogP contribution in [0.5, 0.6) is 5.75 Å². The molecule has 4 aliphatic carbocycles. The number of ketones is 2. The fourth-order valence-electron chi connectivity index (χ4n) is 7.22. The van der Waals surface area contributed by atoms with Crippen molar-refractivity contribution in [1.82, 2.24) is 4.90 Å². The molecule has 2 amide bonds. The van der Waals surface area contributed by atoms with Crippen molar-refractivity contribution >= 4 is 35.0 Å². The van der Waals surface area contributed by atoms with E-state index >= 15 is 0 Å². The Kier molecular flexibility index (Phi) is 5.56. The average molecular weight is 506 g/mol. The quantitative estimate of drug-likeness (QED) is 0.354. The Labute approximate surface area is 214 Å². The zero-order valence-corrected chi connectivity index (χ0v) is 20.9. The van der Waals surface area contributed by atoms with Crippen molar-refractivity contribution in [3.8, 4) is 5.75 Å². The van der Waals surface area contributed by atoms with E-state index in [1.165, 1.54) is 17.0 Å². The number of phenols is 1. The molecule has 1 heterocycles. The summed E-state index contributed by atoms with van der Waals surface area (Å²) >= 11 is 6.30. The summed E-state index contributed by atoms with van der Waals surface area (Å²) < 4.78 is 0. The third-order valence-electron chi connectivity index (χ3n) is 8.84. The normalized spacial score (nSPS) is 30.7. The van der Waals surface area contributed by atoms with E-state index in [0.717, 1.165) is 37.7 Å². The van der Waals surface area contributed by atoms with E-state index in [1.807, 2.05) is 6.08 Å². The van der Waals surface area contributed by atoms with Gasteiger partial charge in [-0.3, -0.25) is 24.1 Å². The predicted octanol–water partition coefficient (Wildman–Crippen LogP) is 4.81. The van der Waals surface area contributed by atoms with Gasteiger partial charge in [-0.1, -0.05) is 42.5 Å². The molecule has 0 spiro atoms. The molecule has 36 heavy (non-hydrogen) atoms. The molecule has 1 saturated carbocycles. The molecule has 1 aliphatic heterocycles. The molecule has 4 unspecified atom stereocenters. The maximum atomic E-state index is 13.9. The topological polar surface area (TPSA) is 91.8 Å². The number of rotatable bonds is 2. The van der Waals surface area contributed by atoms with Gasteiger partial charge in [-0.15, -0.1) is 0 Å². The molecule has 186 valence electrons. The van der Waals surface area contributed by atoms with E-state index in [0.29, 0.717) is 33.7 Å². The second-order valence-corrected chi connectivity index (χ2v) is 11.2. The van der Waals surface area contributed by atoms with Crippen LogP contribution >= 0.6 is 11.6 Å². The molecule has 5 aliphatic rings. The highest BCUT2D eigenvalue weighted by Gasteiger charge is 2.57. The van der Waals surface area contributed by atoms with Gasteiger partial charge in [0.2, 0.25) is 11.8 Å². The number of phenolic OH excluding ortho intramolecular Hbond substituents is 1. The number of hydrogen-bond acceptors (Lipinski definition) is 5. The van der Waals surface area contributed by atoms with E-state index in [1.54, 1.807) is 19.1 Å². The number of fused-ring (bicyclic) bond motifs is 3. The van der Waals surface area contributed by atoms with Crippen molar-refractivity contribution in [2.45, 2.75) is 63.8 Å². The fraction of sp³-hybridized carbons (Fsp3) is 0.448. The minimum Gasteiger partial charge on any atom is -0.508 e. The number of halogens is 1. The first kappa shape index (κ1) is 23.4. The van der Waals surface area contributed by atoms with Crippen LogP contribution in [0.1, 0.15) is 63.4 Å². The first-order chi connectivity index (χ1) is 17.3. The minimum atomic E-state index is -0.689. The van der Waals surface area contributed by atoms with Crippen LogP contribution in [-0.2, 0) is 19.2 Å². The van der Waals surface area contributed by atoms with Crippen LogP contribution in [0.3, 0.4) is 0 Å². The molecular weight excluding hydrogens is 478 g/mol. The van der Waals surface area contributed by atoms with Gasteiger partial charge in [-0.2, -0.15) is 0 Å². The van der Waals surface area contributed by atoms with Crippen LogP contribution in [0.4, 0.5) is 0 Å². The summed E-state index contributed by atoms with van der Waals surface area (Å²) in [6.07, 6.45) is 8.81. The summed E-state index contributed by atoms with van der Waals surface area (Å²) in [6, 6.07) is 4.63. The molecule has 1 saturated heterocycles. The highest BCUT2D eigenvalue weighted by atomic mass is 35.5. The van der Waals surface area contributed by atoms with Gasteiger partial charge in [-0.05, 0) is 62.8 Å². The van der Waals surface area contributed by atoms with Gasteiger partial charge >= 0.3 is 0 Å². The monoisotopic (exact) mass is 505 g/mol. The molecule has 6 rings (SSSR count). The lowest BCUT2D eigenvalue weighted by Gasteiger charge is -2.42. The van der Waals surface area contributed by atoms with E-state index < -0.39 is 23.7 Å². The summed E-state index contributed by atoms with van der Waals surface area (Å²) in [7, 11) is 0. The number of allylic oxidation sites excluding steroid dienone is 6. The van der Waals surface area contributed by atoms with Crippen molar-refractivity contribution < 1.29 is 24.3 Å². The summed E-state index contributed by atoms with van der Waals surface area (Å²) in [5, 5.41) is 11.2. The summed E-state index contributed by atoms with van der Waals surface area (Å²) in [6.45, 7) is 1.62. The Bertz CT molecular complexity index is 1310. The number of amides is 2. The first-order valence-electron chi connectivity index (χ1n) is 12.8. The fourth-order valence-corrected chi connectivity index (χ4v) is 7.40. The van der Waals surface area contributed by atoms with Crippen LogP contribution < -0.4 is 0 Å². The zero-order chi connectivity index (χ0) is 25.3. The van der Waals surface area contributed by atoms with Crippen molar-refractivity contribution in [3.05, 3.63) is 63.2 Å². The minimum absolute atomic E-state index is 0.0240. The number of aromatic hydroxyl groups is 1. The van der Waals surface area contributed by atoms with Crippen molar-refractivity contribution in [2.24, 2.45) is 17.8 Å². The molecule has 0 bridgehead atoms. The SMILES string of the molecule is CC1=CC(=O)C2=C(CC3C(=CCC4C(=O)N(C5CCCCC5)C(=O)C43)C2c2cc(Cl)ccc2O)C1=O. The Morgan fingerprint density at radius 2 is 1.75 bits per heavy atom. The standard InChI is InChI=1S/C29H28ClNO5/c1-14-11-23(33)26-21(27(14)34)13-19-17(24(26)20-12-15(30)7-10-22(20)32)8-9-18-25(19)29(36)31(28(18)35)16-5-3-2-4-6-16/h7-8,10-12,16,18-19,24-25,32H,2-6,9,13H2,1H3. The number of imide groups is 1. The number of carbonyl (C=O) groups is 4. The smallest absolute Gasteiger partial charge is 0.233 e. The molecule has 2 fully saturated rings. The van der Waals surface area contributed by atoms with Crippen LogP contribution in [0.15, 0.2) is 52.6 Å². The molecule has 4 atom stereocenters. The number of hydrogen-bond donors (Lipinski definition) is 1. The zero-order valence-electron chi connectivity index (χ0n) is 20.1. The number of Topliss-reactive ketones (excluding diaryl/α,β-unsaturated/α-hetero) is 1. The first-order valence-corrected chi connectivity index (χ1v) is 13.2. The highest BCUT2D eigenvalue weighted by molar-refractivity contribution is 6.30. The summed E-state index contributed by atoms with van der Waals surface area (Å²) in [5.74, 6) is -2.83. The Balaban J connectivity index is 1.48. The van der Waals surface area contributed by atoms with Crippen molar-refractivity contribution in [2.75, 3.05) is 0 Å². The maximum Gasteiger partial charge on any atom is 0.233 e. The Morgan fingerprint density at radius 3 is 2.50 bits per heavy atom. The van der Waals surface area contributed by atoms with Gasteiger partial charge in [0.25, 0.3) is 0 Å². The number of carbonyl (C=O) groups excluding carboxylic acids is 4. The van der Waals surface area contributed by atoms with E-state index in [9.17, 15) is 24.3 Å². The van der Waals surface area contributed by atoms with Crippen molar-refractivity contribution in [1.29, 1.82) is 0 Å². The highest BCUT2D eigenvalue weighted by Crippen LogP contribution is 2.56. The average Bonchev–Trinajstić information content (AvgIpc) is 3.13. The van der Waals surface area contributed by atoms with Gasteiger partial charge in [-0.25, -0.2) is 0 Å². The lowest BCUT2D eigenvalue weighted by Crippen LogP contribution is -2.43. The molecular formula is C29H28ClNO5. The van der Waals surface area contributed by atoms with E-state index in [4.69, 9.17) is 11.6 Å². The molecule has 1 aromatic rings. The third kappa shape index (κ3) is 3.37. The van der Waals surface area contributed by atoms with Gasteiger partial charge in [0.1, 0.15) is 5.75 Å². The molecule has 1 aromatic carbocycles. The maximum absolute atomic E-state index is 13.9. The van der Waals surface area contributed by atoms with Gasteiger partial charge in [0, 0.05) is 39.3 Å². The van der Waals surface area contributed by atoms with E-state index in [2.05, 4.69) is 0 Å². The molecule has 1 N–H and O–H groups in total. The van der Waals surface area contributed by atoms with Crippen LogP contribution in [-0.4, -0.2) is 39.4 Å². The largest absolute Gasteiger partial charge is 0.508 e. The Morgan fingerprint density at radius 1 is 1.00 bits per heavy atom. The van der Waals surface area contributed by atoms with Crippen LogP contribution in [0.2, 0.25) is 5.02 Å². The molecule has 0 radical (unpaired) electrons. The number of nitrogens with zero attached hydrogens (tertiary/aromatic N) is 1. The predicted molar refractivity (Wildman–Crippen MR) is 133 cm³/mol. The van der Waals surface area contributed by atoms with Crippen molar-refractivity contribution in [3.63, 3.8) is 0 Å². The molecule has 0 aromatic heterocycles. The van der Waals surface area contributed by atoms with Crippen LogP contribution in [0, 0.1) is 17.8 Å². The number of benzene rings is 1. The van der Waals surface area contributed by atoms with Gasteiger partial charge < -0.3 is 5.11 Å². The summed E-state index contributed by atoms with van der Waals surface area (Å²) in [5.41, 5.74) is 2.38. The summed E-state index contributed by atoms with van der Waals surface area (Å²) in [4.78, 5) is 55.5. The second-order valence-electron chi connectivity index (χ2n) is 10.8. The van der Waals surface area contributed by atoms with Gasteiger partial charge in [0.15, 0.2) is 11.6 Å². The molecule has 7 heteroatoms. The second kappa shape index (κ2) is 8.55. The van der Waals surface area contributed by atoms with Crippen LogP contribution in [0.25, 0.3) is 0 Å². The van der Waals surface area contributed by atoms with E-state index in [-0.39, 0.29) is 41.6 Å². The third-order valence-corrected chi connectivity index (χ3v) is 9.07. The number of likely N-dealkylation sites (tertiary alicyclic amines) is 1.